The number of para-hydroxylation sites is 1. The highest BCUT2D eigenvalue weighted by Crippen LogP contribution is 2.50. The van der Waals surface area contributed by atoms with E-state index < -0.39 is 0 Å². The molecule has 6 heteroatoms. The van der Waals surface area contributed by atoms with Crippen LogP contribution in [-0.4, -0.2) is 20.7 Å². The first-order valence-electron chi connectivity index (χ1n) is 7.54. The molecule has 5 nitrogen and oxygen atoms in total. The van der Waals surface area contributed by atoms with Gasteiger partial charge < -0.3 is 0 Å². The largest absolute Gasteiger partial charge is 0.294 e. The number of benzene rings is 1. The molecule has 2 aromatic heterocycles. The van der Waals surface area contributed by atoms with Crippen molar-refractivity contribution in [3.05, 3.63) is 58.5 Å². The lowest BCUT2D eigenvalue weighted by atomic mass is 10.2. The molecule has 1 fully saturated rings. The second kappa shape index (κ2) is 5.62. The number of nitrogens with one attached hydrogen (secondary N) is 1. The SMILES string of the molecule is Cc1ccsc1C1CC1C(=O)Nc1nncn1-c1ccccc1. The van der Waals surface area contributed by atoms with E-state index in [4.69, 9.17) is 0 Å². The lowest BCUT2D eigenvalue weighted by Crippen LogP contribution is -2.17. The van der Waals surface area contributed by atoms with Gasteiger partial charge in [0.1, 0.15) is 6.33 Å². The number of nitrogens with zero attached hydrogens (tertiary/aromatic N) is 3. The van der Waals surface area contributed by atoms with E-state index in [0.29, 0.717) is 11.9 Å². The smallest absolute Gasteiger partial charge is 0.235 e. The zero-order valence-electron chi connectivity index (χ0n) is 12.6. The number of rotatable bonds is 4. The topological polar surface area (TPSA) is 59.8 Å². The van der Waals surface area contributed by atoms with E-state index in [9.17, 15) is 4.79 Å². The Bertz CT molecular complexity index is 839. The molecular weight excluding hydrogens is 308 g/mol. The predicted molar refractivity (Wildman–Crippen MR) is 89.9 cm³/mol. The van der Waals surface area contributed by atoms with E-state index in [-0.39, 0.29) is 11.8 Å². The average Bonchev–Trinajstić information content (AvgIpc) is 3.03. The summed E-state index contributed by atoms with van der Waals surface area (Å²) in [5.41, 5.74) is 2.21. The van der Waals surface area contributed by atoms with E-state index in [1.165, 1.54) is 10.4 Å². The van der Waals surface area contributed by atoms with E-state index in [1.54, 1.807) is 22.2 Å². The number of hydrogen-bond acceptors (Lipinski definition) is 4. The Balaban J connectivity index is 1.49. The summed E-state index contributed by atoms with van der Waals surface area (Å²) in [6, 6.07) is 11.8. The summed E-state index contributed by atoms with van der Waals surface area (Å²) in [6.07, 6.45) is 2.52. The molecule has 0 spiro atoms. The Hall–Kier alpha value is -2.47. The molecule has 0 saturated heterocycles. The molecule has 23 heavy (non-hydrogen) atoms. The molecule has 1 N–H and O–H groups in total. The predicted octanol–water partition coefficient (Wildman–Crippen LogP) is 3.38. The summed E-state index contributed by atoms with van der Waals surface area (Å²) in [7, 11) is 0. The second-order valence-electron chi connectivity index (χ2n) is 5.77. The van der Waals surface area contributed by atoms with Gasteiger partial charge >= 0.3 is 0 Å². The minimum atomic E-state index is 0.0213. The highest BCUT2D eigenvalue weighted by molar-refractivity contribution is 7.10. The Morgan fingerprint density at radius 3 is 2.87 bits per heavy atom. The summed E-state index contributed by atoms with van der Waals surface area (Å²) in [5.74, 6) is 0.874. The molecular formula is C17H16N4OS. The summed E-state index contributed by atoms with van der Waals surface area (Å²) >= 11 is 1.74. The van der Waals surface area contributed by atoms with Crippen molar-refractivity contribution in [3.63, 3.8) is 0 Å². The quantitative estimate of drug-likeness (QED) is 0.800. The number of carbonyl (C=O) groups is 1. The number of carbonyl (C=O) groups excluding carboxylic acids is 1. The molecule has 1 amide bonds. The normalized spacial score (nSPS) is 19.5. The maximum absolute atomic E-state index is 12.5. The minimum absolute atomic E-state index is 0.0213. The lowest BCUT2D eigenvalue weighted by Gasteiger charge is -2.07. The molecule has 4 rings (SSSR count). The van der Waals surface area contributed by atoms with Crippen molar-refractivity contribution in [2.75, 3.05) is 5.32 Å². The Labute approximate surface area is 138 Å². The molecule has 116 valence electrons. The molecule has 0 aliphatic heterocycles. The Morgan fingerprint density at radius 2 is 2.13 bits per heavy atom. The molecule has 2 unspecified atom stereocenters. The van der Waals surface area contributed by atoms with Gasteiger partial charge in [-0.05, 0) is 42.5 Å². The van der Waals surface area contributed by atoms with Gasteiger partial charge in [-0.15, -0.1) is 21.5 Å². The molecule has 0 radical (unpaired) electrons. The number of thiophene rings is 1. The first kappa shape index (κ1) is 14.1. The maximum atomic E-state index is 12.5. The summed E-state index contributed by atoms with van der Waals surface area (Å²) in [6.45, 7) is 2.10. The van der Waals surface area contributed by atoms with Gasteiger partial charge in [0.2, 0.25) is 11.9 Å². The molecule has 1 aliphatic rings. The molecule has 2 heterocycles. The van der Waals surface area contributed by atoms with Crippen LogP contribution in [0, 0.1) is 12.8 Å². The van der Waals surface area contributed by atoms with Crippen LogP contribution in [0.1, 0.15) is 22.8 Å². The van der Waals surface area contributed by atoms with Crippen LogP contribution < -0.4 is 5.32 Å². The van der Waals surface area contributed by atoms with Crippen molar-refractivity contribution >= 4 is 23.2 Å². The zero-order valence-corrected chi connectivity index (χ0v) is 13.5. The fourth-order valence-corrected chi connectivity index (χ4v) is 3.95. The first-order chi connectivity index (χ1) is 11.2. The molecule has 3 aromatic rings. The monoisotopic (exact) mass is 324 g/mol. The number of aryl methyl sites for hydroxylation is 1. The molecule has 1 saturated carbocycles. The van der Waals surface area contributed by atoms with Crippen molar-refractivity contribution in [1.29, 1.82) is 0 Å². The fraction of sp³-hybridized carbons (Fsp3) is 0.235. The number of hydrogen-bond donors (Lipinski definition) is 1. The van der Waals surface area contributed by atoms with Crippen LogP contribution in [0.15, 0.2) is 48.1 Å². The van der Waals surface area contributed by atoms with Crippen LogP contribution in [0.4, 0.5) is 5.95 Å². The van der Waals surface area contributed by atoms with Gasteiger partial charge in [-0.2, -0.15) is 0 Å². The van der Waals surface area contributed by atoms with Gasteiger partial charge in [0.05, 0.1) is 5.69 Å². The third-order valence-electron chi connectivity index (χ3n) is 4.18. The van der Waals surface area contributed by atoms with Gasteiger partial charge in [0.15, 0.2) is 0 Å². The van der Waals surface area contributed by atoms with Gasteiger partial charge in [0.25, 0.3) is 0 Å². The Morgan fingerprint density at radius 1 is 1.30 bits per heavy atom. The summed E-state index contributed by atoms with van der Waals surface area (Å²) in [5, 5.41) is 13.0. The van der Waals surface area contributed by atoms with Gasteiger partial charge in [-0.25, -0.2) is 0 Å². The van der Waals surface area contributed by atoms with Crippen molar-refractivity contribution in [3.8, 4) is 5.69 Å². The van der Waals surface area contributed by atoms with Crippen LogP contribution in [0.25, 0.3) is 5.69 Å². The van der Waals surface area contributed by atoms with Crippen LogP contribution in [0.3, 0.4) is 0 Å². The minimum Gasteiger partial charge on any atom is -0.294 e. The van der Waals surface area contributed by atoms with Gasteiger partial charge in [0, 0.05) is 16.7 Å². The average molecular weight is 324 g/mol. The van der Waals surface area contributed by atoms with Crippen molar-refractivity contribution in [2.24, 2.45) is 5.92 Å². The second-order valence-corrected chi connectivity index (χ2v) is 6.71. The van der Waals surface area contributed by atoms with Crippen molar-refractivity contribution in [1.82, 2.24) is 14.8 Å². The van der Waals surface area contributed by atoms with E-state index in [1.807, 2.05) is 30.3 Å². The zero-order chi connectivity index (χ0) is 15.8. The van der Waals surface area contributed by atoms with Gasteiger partial charge in [-0.1, -0.05) is 18.2 Å². The van der Waals surface area contributed by atoms with Crippen LogP contribution in [0.2, 0.25) is 0 Å². The third kappa shape index (κ3) is 2.66. The third-order valence-corrected chi connectivity index (χ3v) is 5.33. The van der Waals surface area contributed by atoms with Crippen LogP contribution in [0.5, 0.6) is 0 Å². The summed E-state index contributed by atoms with van der Waals surface area (Å²) in [4.78, 5) is 13.8. The van der Waals surface area contributed by atoms with Crippen LogP contribution in [-0.2, 0) is 4.79 Å². The molecule has 1 aliphatic carbocycles. The maximum Gasteiger partial charge on any atom is 0.235 e. The van der Waals surface area contributed by atoms with E-state index in [0.717, 1.165) is 12.1 Å². The van der Waals surface area contributed by atoms with E-state index in [2.05, 4.69) is 33.9 Å². The highest BCUT2D eigenvalue weighted by Gasteiger charge is 2.45. The van der Waals surface area contributed by atoms with Crippen molar-refractivity contribution < 1.29 is 4.79 Å². The highest BCUT2D eigenvalue weighted by atomic mass is 32.1. The number of aromatic nitrogens is 3. The summed E-state index contributed by atoms with van der Waals surface area (Å²) < 4.78 is 1.78. The standard InChI is InChI=1S/C17H16N4OS/c1-11-7-8-23-15(11)13-9-14(13)16(22)19-17-20-18-10-21(17)12-5-3-2-4-6-12/h2-8,10,13-14H,9H2,1H3,(H,19,20,22). The lowest BCUT2D eigenvalue weighted by molar-refractivity contribution is -0.117. The number of anilines is 1. The molecule has 1 aromatic carbocycles. The molecule has 0 bridgehead atoms. The first-order valence-corrected chi connectivity index (χ1v) is 8.42. The fourth-order valence-electron chi connectivity index (χ4n) is 2.84. The van der Waals surface area contributed by atoms with Gasteiger partial charge in [-0.3, -0.25) is 14.7 Å². The van der Waals surface area contributed by atoms with Crippen molar-refractivity contribution in [2.45, 2.75) is 19.3 Å². The van der Waals surface area contributed by atoms with E-state index >= 15 is 0 Å². The Kier molecular flexibility index (Phi) is 3.46. The molecule has 2 atom stereocenters. The van der Waals surface area contributed by atoms with Crippen LogP contribution >= 0.6 is 11.3 Å². The number of amides is 1.